The van der Waals surface area contributed by atoms with Crippen LogP contribution in [0.5, 0.6) is 0 Å². The number of carbonyl (C=O) groups excluding carboxylic acids is 1. The predicted molar refractivity (Wildman–Crippen MR) is 132 cm³/mol. The molecule has 6 nitrogen and oxygen atoms in total. The van der Waals surface area contributed by atoms with Crippen molar-refractivity contribution in [1.82, 2.24) is 20.0 Å². The van der Waals surface area contributed by atoms with E-state index in [2.05, 4.69) is 46.3 Å². The molecule has 0 aliphatic carbocycles. The van der Waals surface area contributed by atoms with Crippen LogP contribution in [0.2, 0.25) is 0 Å². The third-order valence-corrected chi connectivity index (χ3v) is 6.40. The number of halogens is 1. The summed E-state index contributed by atoms with van der Waals surface area (Å²) in [5.74, 6) is 1.32. The molecule has 3 aliphatic heterocycles. The third kappa shape index (κ3) is 5.87. The van der Waals surface area contributed by atoms with Crippen molar-refractivity contribution >= 4 is 35.8 Å². The summed E-state index contributed by atoms with van der Waals surface area (Å²) < 4.78 is 0. The molecule has 30 heavy (non-hydrogen) atoms. The minimum Gasteiger partial charge on any atom is -0.357 e. The fourth-order valence-corrected chi connectivity index (χ4v) is 4.85. The molecule has 0 radical (unpaired) electrons. The molecule has 4 rings (SSSR count). The maximum atomic E-state index is 11.9. The molecular weight excluding hydrogens is 489 g/mol. The van der Waals surface area contributed by atoms with Gasteiger partial charge in [-0.25, -0.2) is 4.99 Å². The summed E-state index contributed by atoms with van der Waals surface area (Å²) >= 11 is 0. The topological polar surface area (TPSA) is 51.2 Å². The van der Waals surface area contributed by atoms with E-state index < -0.39 is 0 Å². The lowest BCUT2D eigenvalue weighted by Gasteiger charge is -2.25. The normalized spacial score (nSPS) is 22.6. The van der Waals surface area contributed by atoms with Crippen molar-refractivity contribution in [2.75, 3.05) is 39.3 Å². The van der Waals surface area contributed by atoms with Crippen LogP contribution in [0.4, 0.5) is 0 Å². The van der Waals surface area contributed by atoms with E-state index in [0.717, 1.165) is 45.1 Å². The van der Waals surface area contributed by atoms with Crippen molar-refractivity contribution in [3.8, 4) is 0 Å². The number of benzene rings is 1. The second-order valence-electron chi connectivity index (χ2n) is 8.54. The number of hydrogen-bond acceptors (Lipinski definition) is 3. The summed E-state index contributed by atoms with van der Waals surface area (Å²) in [6.07, 6.45) is 5.63. The van der Waals surface area contributed by atoms with Gasteiger partial charge in [0.1, 0.15) is 0 Å². The molecule has 3 fully saturated rings. The number of guanidine groups is 1. The zero-order chi connectivity index (χ0) is 20.1. The molecule has 1 aromatic rings. The zero-order valence-corrected chi connectivity index (χ0v) is 20.5. The van der Waals surface area contributed by atoms with Crippen molar-refractivity contribution in [3.63, 3.8) is 0 Å². The Kier molecular flexibility index (Phi) is 8.80. The number of nitrogens with zero attached hydrogens (tertiary/aromatic N) is 4. The Balaban J connectivity index is 0.00000256. The molecule has 0 bridgehead atoms. The van der Waals surface area contributed by atoms with E-state index in [1.165, 1.54) is 43.5 Å². The summed E-state index contributed by atoms with van der Waals surface area (Å²) in [4.78, 5) is 23.9. The lowest BCUT2D eigenvalue weighted by molar-refractivity contribution is -0.128. The molecule has 1 atom stereocenters. The number of nitrogens with one attached hydrogen (secondary N) is 1. The van der Waals surface area contributed by atoms with Gasteiger partial charge in [-0.1, -0.05) is 24.3 Å². The van der Waals surface area contributed by atoms with Gasteiger partial charge >= 0.3 is 0 Å². The van der Waals surface area contributed by atoms with Gasteiger partial charge in [0, 0.05) is 45.2 Å². The maximum Gasteiger partial charge on any atom is 0.222 e. The van der Waals surface area contributed by atoms with Crippen LogP contribution in [0, 0.1) is 0 Å². The number of amides is 1. The van der Waals surface area contributed by atoms with E-state index in [1.807, 2.05) is 4.90 Å². The van der Waals surface area contributed by atoms with Crippen LogP contribution in [-0.4, -0.2) is 71.9 Å². The SMILES string of the molecule is CCNC(=NCc1cccc(CN2CCCC2=O)c1)N1CCC(N2CCCC2)C1.I. The minimum absolute atomic E-state index is 0. The molecule has 0 spiro atoms. The van der Waals surface area contributed by atoms with E-state index in [-0.39, 0.29) is 29.9 Å². The fourth-order valence-electron chi connectivity index (χ4n) is 4.85. The lowest BCUT2D eigenvalue weighted by Crippen LogP contribution is -2.42. The highest BCUT2D eigenvalue weighted by atomic mass is 127. The fraction of sp³-hybridized carbons (Fsp3) is 0.652. The number of rotatable bonds is 6. The smallest absolute Gasteiger partial charge is 0.222 e. The molecule has 7 heteroatoms. The molecule has 0 aromatic heterocycles. The lowest BCUT2D eigenvalue weighted by atomic mass is 10.1. The molecule has 1 amide bonds. The number of carbonyl (C=O) groups is 1. The average Bonchev–Trinajstić information content (AvgIpc) is 3.48. The van der Waals surface area contributed by atoms with E-state index >= 15 is 0 Å². The number of likely N-dealkylation sites (tertiary alicyclic amines) is 3. The Bertz CT molecular complexity index is 734. The van der Waals surface area contributed by atoms with E-state index in [4.69, 9.17) is 4.99 Å². The highest BCUT2D eigenvalue weighted by molar-refractivity contribution is 14.0. The van der Waals surface area contributed by atoms with Crippen molar-refractivity contribution in [1.29, 1.82) is 0 Å². The second-order valence-corrected chi connectivity index (χ2v) is 8.54. The first kappa shape index (κ1) is 23.3. The summed E-state index contributed by atoms with van der Waals surface area (Å²) in [6.45, 7) is 10.0. The van der Waals surface area contributed by atoms with Gasteiger partial charge in [0.15, 0.2) is 5.96 Å². The van der Waals surface area contributed by atoms with Gasteiger partial charge in [-0.3, -0.25) is 9.69 Å². The molecule has 3 aliphatic rings. The largest absolute Gasteiger partial charge is 0.357 e. The quantitative estimate of drug-likeness (QED) is 0.353. The van der Waals surface area contributed by atoms with Gasteiger partial charge in [0.05, 0.1) is 6.54 Å². The van der Waals surface area contributed by atoms with Gasteiger partial charge in [-0.05, 0) is 56.8 Å². The first-order chi connectivity index (χ1) is 14.2. The van der Waals surface area contributed by atoms with Gasteiger partial charge in [-0.2, -0.15) is 0 Å². The van der Waals surface area contributed by atoms with Crippen LogP contribution in [0.1, 0.15) is 50.2 Å². The maximum absolute atomic E-state index is 11.9. The zero-order valence-electron chi connectivity index (χ0n) is 18.2. The first-order valence-corrected chi connectivity index (χ1v) is 11.4. The highest BCUT2D eigenvalue weighted by Gasteiger charge is 2.30. The van der Waals surface area contributed by atoms with E-state index in [9.17, 15) is 4.79 Å². The van der Waals surface area contributed by atoms with Crippen LogP contribution in [-0.2, 0) is 17.9 Å². The Morgan fingerprint density at radius 2 is 1.93 bits per heavy atom. The van der Waals surface area contributed by atoms with E-state index in [0.29, 0.717) is 19.0 Å². The van der Waals surface area contributed by atoms with Crippen molar-refractivity contribution in [2.45, 2.75) is 58.2 Å². The van der Waals surface area contributed by atoms with Gasteiger partial charge in [-0.15, -0.1) is 24.0 Å². The van der Waals surface area contributed by atoms with Crippen molar-refractivity contribution < 1.29 is 4.79 Å². The Morgan fingerprint density at radius 3 is 2.67 bits per heavy atom. The van der Waals surface area contributed by atoms with Gasteiger partial charge in [0.2, 0.25) is 5.91 Å². The standard InChI is InChI=1S/C23H35N5O.HI/c1-2-24-23(28-14-10-21(18-28)26-11-3-4-12-26)25-16-19-7-5-8-20(15-19)17-27-13-6-9-22(27)29;/h5,7-8,15,21H,2-4,6,9-14,16-18H2,1H3,(H,24,25);1H. The average molecular weight is 525 g/mol. The molecule has 1 N–H and O–H groups in total. The Hall–Kier alpha value is -1.35. The van der Waals surface area contributed by atoms with Crippen LogP contribution in [0.3, 0.4) is 0 Å². The first-order valence-electron chi connectivity index (χ1n) is 11.4. The predicted octanol–water partition coefficient (Wildman–Crippen LogP) is 3.06. The molecular formula is C23H36IN5O. The summed E-state index contributed by atoms with van der Waals surface area (Å²) in [7, 11) is 0. The Morgan fingerprint density at radius 1 is 1.13 bits per heavy atom. The van der Waals surface area contributed by atoms with Crippen LogP contribution in [0.25, 0.3) is 0 Å². The molecule has 3 heterocycles. The molecule has 166 valence electrons. The molecule has 1 aromatic carbocycles. The van der Waals surface area contributed by atoms with Crippen LogP contribution in [0.15, 0.2) is 29.3 Å². The van der Waals surface area contributed by atoms with Crippen LogP contribution < -0.4 is 5.32 Å². The summed E-state index contributed by atoms with van der Waals surface area (Å²) in [6, 6.07) is 9.23. The molecule has 3 saturated heterocycles. The summed E-state index contributed by atoms with van der Waals surface area (Å²) in [5.41, 5.74) is 2.41. The van der Waals surface area contributed by atoms with Crippen LogP contribution >= 0.6 is 24.0 Å². The molecule has 1 unspecified atom stereocenters. The van der Waals surface area contributed by atoms with Crippen molar-refractivity contribution in [2.24, 2.45) is 4.99 Å². The van der Waals surface area contributed by atoms with Gasteiger partial charge in [0.25, 0.3) is 0 Å². The third-order valence-electron chi connectivity index (χ3n) is 6.40. The highest BCUT2D eigenvalue weighted by Crippen LogP contribution is 2.21. The van der Waals surface area contributed by atoms with E-state index in [1.54, 1.807) is 0 Å². The van der Waals surface area contributed by atoms with Crippen molar-refractivity contribution in [3.05, 3.63) is 35.4 Å². The second kappa shape index (κ2) is 11.3. The number of aliphatic imine (C=N–C) groups is 1. The monoisotopic (exact) mass is 525 g/mol. The molecule has 0 saturated carbocycles. The summed E-state index contributed by atoms with van der Waals surface area (Å²) in [5, 5.41) is 3.49. The minimum atomic E-state index is 0. The number of hydrogen-bond donors (Lipinski definition) is 1. The Labute approximate surface area is 198 Å². The van der Waals surface area contributed by atoms with Gasteiger partial charge < -0.3 is 15.1 Å².